The van der Waals surface area contributed by atoms with E-state index in [1.165, 1.54) is 4.57 Å². The Morgan fingerprint density at radius 3 is 2.82 bits per heavy atom. The first kappa shape index (κ1) is 10.7. The number of nitrogens with zero attached hydrogens (tertiary/aromatic N) is 1. The van der Waals surface area contributed by atoms with Gasteiger partial charge in [0, 0.05) is 18.2 Å². The summed E-state index contributed by atoms with van der Waals surface area (Å²) in [7, 11) is 0. The van der Waals surface area contributed by atoms with Crippen molar-refractivity contribution in [2.75, 3.05) is 6.61 Å². The number of hydrogen-bond donors (Lipinski definition) is 1. The average Bonchev–Trinajstić information content (AvgIpc) is 2.48. The van der Waals surface area contributed by atoms with E-state index in [0.29, 0.717) is 18.6 Å². The SMILES string of the molecule is Cc1cn([C@H]2C[C@@]3(C)OC[C@H]3O2)c(=O)[nH]c1=O. The molecule has 0 radical (unpaired) electrons. The molecule has 0 spiro atoms. The van der Waals surface area contributed by atoms with E-state index < -0.39 is 5.69 Å². The first-order valence-electron chi connectivity index (χ1n) is 5.61. The van der Waals surface area contributed by atoms with Crippen LogP contribution in [0.15, 0.2) is 15.8 Å². The van der Waals surface area contributed by atoms with Gasteiger partial charge >= 0.3 is 5.69 Å². The summed E-state index contributed by atoms with van der Waals surface area (Å²) in [6, 6.07) is 0. The number of hydrogen-bond acceptors (Lipinski definition) is 4. The molecule has 2 saturated heterocycles. The highest BCUT2D eigenvalue weighted by atomic mass is 16.6. The van der Waals surface area contributed by atoms with Crippen LogP contribution in [0.1, 0.15) is 25.1 Å². The molecule has 1 aromatic rings. The molecular formula is C11H14N2O4. The molecule has 3 heterocycles. The lowest BCUT2D eigenvalue weighted by molar-refractivity contribution is -0.206. The van der Waals surface area contributed by atoms with E-state index in [0.717, 1.165) is 0 Å². The fourth-order valence-corrected chi connectivity index (χ4v) is 2.36. The van der Waals surface area contributed by atoms with Crippen LogP contribution in [0.5, 0.6) is 0 Å². The zero-order valence-electron chi connectivity index (χ0n) is 9.73. The van der Waals surface area contributed by atoms with Crippen LogP contribution in [-0.2, 0) is 9.47 Å². The van der Waals surface area contributed by atoms with Gasteiger partial charge in [0.2, 0.25) is 0 Å². The van der Waals surface area contributed by atoms with Crippen molar-refractivity contribution in [2.24, 2.45) is 0 Å². The van der Waals surface area contributed by atoms with Crippen molar-refractivity contribution < 1.29 is 9.47 Å². The molecule has 3 rings (SSSR count). The molecule has 3 atom stereocenters. The molecule has 2 aliphatic rings. The Bertz CT molecular complexity index is 576. The number of ether oxygens (including phenoxy) is 2. The monoisotopic (exact) mass is 238 g/mol. The Morgan fingerprint density at radius 2 is 2.29 bits per heavy atom. The summed E-state index contributed by atoms with van der Waals surface area (Å²) in [6.45, 7) is 4.21. The molecule has 0 bridgehead atoms. The quantitative estimate of drug-likeness (QED) is 0.742. The number of fused-ring (bicyclic) bond motifs is 1. The van der Waals surface area contributed by atoms with Gasteiger partial charge in [-0.15, -0.1) is 0 Å². The van der Waals surface area contributed by atoms with Crippen molar-refractivity contribution in [1.29, 1.82) is 0 Å². The first-order valence-corrected chi connectivity index (χ1v) is 5.61. The Balaban J connectivity index is 1.98. The summed E-state index contributed by atoms with van der Waals surface area (Å²) in [5, 5.41) is 0. The standard InChI is InChI=1S/C11H14N2O4/c1-6-4-13(10(15)12-9(6)14)8-3-11(2)7(17-8)5-16-11/h4,7-8H,3,5H2,1-2H3,(H,12,14,15)/t7-,8-,11-/m1/s1. The molecule has 2 fully saturated rings. The molecule has 0 amide bonds. The summed E-state index contributed by atoms with van der Waals surface area (Å²) in [5.74, 6) is 0. The molecular weight excluding hydrogens is 224 g/mol. The number of aromatic nitrogens is 2. The highest BCUT2D eigenvalue weighted by Crippen LogP contribution is 2.44. The minimum absolute atomic E-state index is 0.0478. The zero-order chi connectivity index (χ0) is 12.2. The second-order valence-electron chi connectivity index (χ2n) is 4.89. The van der Waals surface area contributed by atoms with Gasteiger partial charge in [-0.1, -0.05) is 0 Å². The number of H-pyrrole nitrogens is 1. The van der Waals surface area contributed by atoms with Crippen molar-refractivity contribution in [3.63, 3.8) is 0 Å². The second kappa shape index (κ2) is 3.30. The van der Waals surface area contributed by atoms with Crippen molar-refractivity contribution in [1.82, 2.24) is 9.55 Å². The summed E-state index contributed by atoms with van der Waals surface area (Å²) >= 11 is 0. The number of aryl methyl sites for hydroxylation is 1. The van der Waals surface area contributed by atoms with Gasteiger partial charge in [0.15, 0.2) is 0 Å². The van der Waals surface area contributed by atoms with Gasteiger partial charge in [0.1, 0.15) is 12.3 Å². The van der Waals surface area contributed by atoms with Crippen LogP contribution >= 0.6 is 0 Å². The van der Waals surface area contributed by atoms with Gasteiger partial charge in [0.25, 0.3) is 5.56 Å². The van der Waals surface area contributed by atoms with Crippen LogP contribution in [0.4, 0.5) is 0 Å². The van der Waals surface area contributed by atoms with E-state index in [1.807, 2.05) is 6.92 Å². The summed E-state index contributed by atoms with van der Waals surface area (Å²) in [5.41, 5.74) is -0.572. The molecule has 1 aromatic heterocycles. The van der Waals surface area contributed by atoms with E-state index in [1.54, 1.807) is 13.1 Å². The minimum Gasteiger partial charge on any atom is -0.369 e. The topological polar surface area (TPSA) is 73.3 Å². The highest BCUT2D eigenvalue weighted by molar-refractivity contribution is 5.05. The Morgan fingerprint density at radius 1 is 1.53 bits per heavy atom. The third kappa shape index (κ3) is 1.48. The highest BCUT2D eigenvalue weighted by Gasteiger charge is 2.54. The lowest BCUT2D eigenvalue weighted by Gasteiger charge is -2.39. The van der Waals surface area contributed by atoms with Crippen LogP contribution in [-0.4, -0.2) is 27.9 Å². The van der Waals surface area contributed by atoms with Gasteiger partial charge in [-0.25, -0.2) is 4.79 Å². The van der Waals surface area contributed by atoms with Gasteiger partial charge in [-0.2, -0.15) is 0 Å². The molecule has 0 saturated carbocycles. The third-order valence-corrected chi connectivity index (χ3v) is 3.60. The second-order valence-corrected chi connectivity index (χ2v) is 4.89. The minimum atomic E-state index is -0.435. The van der Waals surface area contributed by atoms with E-state index in [-0.39, 0.29) is 23.5 Å². The molecule has 0 unspecified atom stereocenters. The Hall–Kier alpha value is -1.40. The van der Waals surface area contributed by atoms with E-state index in [2.05, 4.69) is 4.98 Å². The fraction of sp³-hybridized carbons (Fsp3) is 0.636. The zero-order valence-corrected chi connectivity index (χ0v) is 9.73. The fourth-order valence-electron chi connectivity index (χ4n) is 2.36. The number of rotatable bonds is 1. The van der Waals surface area contributed by atoms with E-state index in [4.69, 9.17) is 9.47 Å². The normalized spacial score (nSPS) is 35.4. The Kier molecular flexibility index (Phi) is 2.08. The smallest absolute Gasteiger partial charge is 0.330 e. The maximum Gasteiger partial charge on any atom is 0.330 e. The number of nitrogens with one attached hydrogen (secondary N) is 1. The number of aromatic amines is 1. The van der Waals surface area contributed by atoms with Crippen LogP contribution in [0, 0.1) is 6.92 Å². The van der Waals surface area contributed by atoms with Crippen molar-refractivity contribution in [2.45, 2.75) is 38.2 Å². The maximum atomic E-state index is 11.7. The van der Waals surface area contributed by atoms with Crippen LogP contribution in [0.25, 0.3) is 0 Å². The lowest BCUT2D eigenvalue weighted by Crippen LogP contribution is -2.52. The summed E-state index contributed by atoms with van der Waals surface area (Å²) in [4.78, 5) is 25.3. The van der Waals surface area contributed by atoms with Gasteiger partial charge in [-0.3, -0.25) is 14.3 Å². The van der Waals surface area contributed by atoms with Gasteiger partial charge < -0.3 is 9.47 Å². The molecule has 6 nitrogen and oxygen atoms in total. The molecule has 0 aromatic carbocycles. The molecule has 92 valence electrons. The molecule has 6 heteroatoms. The van der Waals surface area contributed by atoms with Crippen molar-refractivity contribution in [3.8, 4) is 0 Å². The van der Waals surface area contributed by atoms with E-state index in [9.17, 15) is 9.59 Å². The first-order chi connectivity index (χ1) is 7.99. The molecule has 17 heavy (non-hydrogen) atoms. The van der Waals surface area contributed by atoms with E-state index >= 15 is 0 Å². The predicted octanol–water partition coefficient (Wildman–Crippen LogP) is -0.0786. The van der Waals surface area contributed by atoms with Crippen LogP contribution < -0.4 is 11.2 Å². The van der Waals surface area contributed by atoms with Gasteiger partial charge in [0.05, 0.1) is 12.2 Å². The largest absolute Gasteiger partial charge is 0.369 e. The van der Waals surface area contributed by atoms with Crippen LogP contribution in [0.2, 0.25) is 0 Å². The average molecular weight is 238 g/mol. The maximum absolute atomic E-state index is 11.7. The third-order valence-electron chi connectivity index (χ3n) is 3.60. The lowest BCUT2D eigenvalue weighted by atomic mass is 9.92. The van der Waals surface area contributed by atoms with Crippen LogP contribution in [0.3, 0.4) is 0 Å². The molecule has 2 aliphatic heterocycles. The van der Waals surface area contributed by atoms with Crippen molar-refractivity contribution in [3.05, 3.63) is 32.6 Å². The van der Waals surface area contributed by atoms with Gasteiger partial charge in [-0.05, 0) is 13.8 Å². The summed E-state index contributed by atoms with van der Waals surface area (Å²) in [6.07, 6.45) is 1.87. The molecule has 1 N–H and O–H groups in total. The molecule has 0 aliphatic carbocycles. The summed E-state index contributed by atoms with van der Waals surface area (Å²) < 4.78 is 12.7. The Labute approximate surface area is 97.2 Å². The van der Waals surface area contributed by atoms with Crippen molar-refractivity contribution >= 4 is 0 Å². The predicted molar refractivity (Wildman–Crippen MR) is 58.9 cm³/mol.